The van der Waals surface area contributed by atoms with Crippen molar-refractivity contribution in [2.75, 3.05) is 5.33 Å². The molecule has 0 aliphatic heterocycles. The van der Waals surface area contributed by atoms with Crippen LogP contribution >= 0.6 is 31.9 Å². The molecule has 0 amide bonds. The highest BCUT2D eigenvalue weighted by Gasteiger charge is 2.17. The molecule has 0 aliphatic rings. The summed E-state index contributed by atoms with van der Waals surface area (Å²) in [4.78, 5) is 10.6. The highest BCUT2D eigenvalue weighted by Crippen LogP contribution is 2.26. The number of aromatic nitrogens is 3. The molecule has 8 heteroatoms. The van der Waals surface area contributed by atoms with E-state index in [0.29, 0.717) is 10.2 Å². The monoisotopic (exact) mass is 374 g/mol. The molecule has 94 valence electrons. The van der Waals surface area contributed by atoms with Crippen molar-refractivity contribution >= 4 is 37.5 Å². The quantitative estimate of drug-likeness (QED) is 0.467. The normalized spacial score (nSPS) is 10.6. The van der Waals surface area contributed by atoms with Gasteiger partial charge in [-0.15, -0.1) is 5.10 Å². The van der Waals surface area contributed by atoms with E-state index in [4.69, 9.17) is 0 Å². The Labute approximate surface area is 119 Å². The average Bonchev–Trinajstić information content (AvgIpc) is 2.78. The van der Waals surface area contributed by atoms with Crippen LogP contribution in [0, 0.1) is 10.1 Å². The first-order valence-corrected chi connectivity index (χ1v) is 6.95. The Morgan fingerprint density at radius 1 is 1.44 bits per heavy atom. The Morgan fingerprint density at radius 3 is 2.89 bits per heavy atom. The molecule has 1 aromatic carbocycles. The first kappa shape index (κ1) is 13.2. The molecule has 0 saturated heterocycles. The molecule has 0 fully saturated rings. The predicted molar refractivity (Wildman–Crippen MR) is 73.2 cm³/mol. The second kappa shape index (κ2) is 5.57. The zero-order chi connectivity index (χ0) is 13.1. The lowest BCUT2D eigenvalue weighted by molar-refractivity contribution is -0.384. The van der Waals surface area contributed by atoms with Crippen LogP contribution < -0.4 is 0 Å². The number of nitrogens with zero attached hydrogens (tertiary/aromatic N) is 4. The van der Waals surface area contributed by atoms with Crippen molar-refractivity contribution < 1.29 is 4.92 Å². The lowest BCUT2D eigenvalue weighted by Crippen LogP contribution is -2.00. The Balaban J connectivity index is 2.45. The van der Waals surface area contributed by atoms with Gasteiger partial charge in [-0.25, -0.2) is 4.68 Å². The summed E-state index contributed by atoms with van der Waals surface area (Å²) >= 11 is 6.52. The van der Waals surface area contributed by atoms with E-state index >= 15 is 0 Å². The minimum atomic E-state index is -0.439. The Bertz CT molecular complexity index is 585. The summed E-state index contributed by atoms with van der Waals surface area (Å²) in [6.07, 6.45) is 2.42. The van der Waals surface area contributed by atoms with Gasteiger partial charge in [0.15, 0.2) is 0 Å². The first-order valence-electron chi connectivity index (χ1n) is 5.03. The summed E-state index contributed by atoms with van der Waals surface area (Å²) in [5.41, 5.74) is 1.17. The van der Waals surface area contributed by atoms with Crippen molar-refractivity contribution in [1.82, 2.24) is 15.0 Å². The SMILES string of the molecule is O=[N+]([O-])c1cc(Br)ccc1-n1cc(CCBr)nn1. The van der Waals surface area contributed by atoms with Gasteiger partial charge < -0.3 is 0 Å². The van der Waals surface area contributed by atoms with Crippen LogP contribution in [0.5, 0.6) is 0 Å². The van der Waals surface area contributed by atoms with E-state index < -0.39 is 4.92 Å². The number of rotatable bonds is 4. The third-order valence-electron chi connectivity index (χ3n) is 2.27. The molecular weight excluding hydrogens is 368 g/mol. The fourth-order valence-corrected chi connectivity index (χ4v) is 2.22. The van der Waals surface area contributed by atoms with Crippen molar-refractivity contribution in [2.24, 2.45) is 0 Å². The first-order chi connectivity index (χ1) is 8.61. The van der Waals surface area contributed by atoms with Crippen molar-refractivity contribution in [3.63, 3.8) is 0 Å². The molecule has 0 saturated carbocycles. The molecule has 1 heterocycles. The number of nitro benzene ring substituents is 1. The highest BCUT2D eigenvalue weighted by atomic mass is 79.9. The third-order valence-corrected chi connectivity index (χ3v) is 3.16. The molecule has 0 aliphatic carbocycles. The Hall–Kier alpha value is -1.28. The van der Waals surface area contributed by atoms with Crippen molar-refractivity contribution in [3.05, 3.63) is 44.7 Å². The molecule has 6 nitrogen and oxygen atoms in total. The summed E-state index contributed by atoms with van der Waals surface area (Å²) in [6, 6.07) is 4.81. The van der Waals surface area contributed by atoms with Gasteiger partial charge in [0.25, 0.3) is 5.69 Å². The van der Waals surface area contributed by atoms with E-state index in [2.05, 4.69) is 42.2 Å². The smallest absolute Gasteiger partial charge is 0.258 e. The van der Waals surface area contributed by atoms with E-state index in [1.165, 1.54) is 10.7 Å². The fraction of sp³-hybridized carbons (Fsp3) is 0.200. The number of halogens is 2. The summed E-state index contributed by atoms with van der Waals surface area (Å²) in [7, 11) is 0. The van der Waals surface area contributed by atoms with Gasteiger partial charge in [-0.3, -0.25) is 10.1 Å². The van der Waals surface area contributed by atoms with Crippen LogP contribution in [0.1, 0.15) is 5.69 Å². The van der Waals surface area contributed by atoms with Crippen LogP contribution in [0.15, 0.2) is 28.9 Å². The van der Waals surface area contributed by atoms with Crippen molar-refractivity contribution in [1.29, 1.82) is 0 Å². The van der Waals surface area contributed by atoms with Gasteiger partial charge in [0.05, 0.1) is 16.8 Å². The zero-order valence-electron chi connectivity index (χ0n) is 9.08. The lowest BCUT2D eigenvalue weighted by Gasteiger charge is -2.02. The van der Waals surface area contributed by atoms with Gasteiger partial charge in [0.1, 0.15) is 5.69 Å². The number of nitro groups is 1. The second-order valence-corrected chi connectivity index (χ2v) is 5.19. The van der Waals surface area contributed by atoms with Gasteiger partial charge in [-0.1, -0.05) is 37.1 Å². The Morgan fingerprint density at radius 2 is 2.22 bits per heavy atom. The maximum absolute atomic E-state index is 11.0. The van der Waals surface area contributed by atoms with Crippen LogP contribution in [-0.2, 0) is 6.42 Å². The van der Waals surface area contributed by atoms with Crippen molar-refractivity contribution in [3.8, 4) is 5.69 Å². The Kier molecular flexibility index (Phi) is 4.07. The molecule has 2 rings (SSSR count). The van der Waals surface area contributed by atoms with Crippen LogP contribution in [0.3, 0.4) is 0 Å². The minimum Gasteiger partial charge on any atom is -0.258 e. The maximum atomic E-state index is 11.0. The lowest BCUT2D eigenvalue weighted by atomic mass is 10.2. The summed E-state index contributed by atoms with van der Waals surface area (Å²) < 4.78 is 2.07. The van der Waals surface area contributed by atoms with Gasteiger partial charge in [0, 0.05) is 22.3 Å². The predicted octanol–water partition coefficient (Wildman–Crippen LogP) is 2.88. The number of hydrogen-bond donors (Lipinski definition) is 0. The van der Waals surface area contributed by atoms with Crippen molar-refractivity contribution in [2.45, 2.75) is 6.42 Å². The van der Waals surface area contributed by atoms with Crippen LogP contribution in [0.2, 0.25) is 0 Å². The molecular formula is C10H8Br2N4O2. The number of alkyl halides is 1. The average molecular weight is 376 g/mol. The number of benzene rings is 1. The molecule has 0 unspecified atom stereocenters. The van der Waals surface area contributed by atoms with E-state index in [0.717, 1.165) is 17.4 Å². The van der Waals surface area contributed by atoms with E-state index in [9.17, 15) is 10.1 Å². The van der Waals surface area contributed by atoms with Gasteiger partial charge in [-0.2, -0.15) is 0 Å². The highest BCUT2D eigenvalue weighted by molar-refractivity contribution is 9.10. The summed E-state index contributed by atoms with van der Waals surface area (Å²) in [5.74, 6) is 0. The molecule has 0 radical (unpaired) electrons. The number of hydrogen-bond acceptors (Lipinski definition) is 4. The molecule has 2 aromatic rings. The summed E-state index contributed by atoms with van der Waals surface area (Å²) in [5, 5.41) is 19.6. The topological polar surface area (TPSA) is 73.8 Å². The third kappa shape index (κ3) is 2.75. The second-order valence-electron chi connectivity index (χ2n) is 3.48. The van der Waals surface area contributed by atoms with E-state index in [1.54, 1.807) is 18.3 Å². The molecule has 0 atom stereocenters. The van der Waals surface area contributed by atoms with E-state index in [1.807, 2.05) is 0 Å². The molecule has 1 aromatic heterocycles. The molecule has 18 heavy (non-hydrogen) atoms. The minimum absolute atomic E-state index is 0.0142. The molecule has 0 N–H and O–H groups in total. The van der Waals surface area contributed by atoms with Crippen LogP contribution in [0.25, 0.3) is 5.69 Å². The maximum Gasteiger partial charge on any atom is 0.296 e. The van der Waals surface area contributed by atoms with Gasteiger partial charge >= 0.3 is 0 Å². The number of aryl methyl sites for hydroxylation is 1. The van der Waals surface area contributed by atoms with Gasteiger partial charge in [-0.05, 0) is 12.1 Å². The largest absolute Gasteiger partial charge is 0.296 e. The summed E-state index contributed by atoms with van der Waals surface area (Å²) in [6.45, 7) is 0. The molecule has 0 spiro atoms. The van der Waals surface area contributed by atoms with E-state index in [-0.39, 0.29) is 5.69 Å². The van der Waals surface area contributed by atoms with Crippen LogP contribution in [0.4, 0.5) is 5.69 Å². The van der Waals surface area contributed by atoms with Gasteiger partial charge in [0.2, 0.25) is 0 Å². The van der Waals surface area contributed by atoms with Crippen LogP contribution in [-0.4, -0.2) is 25.2 Å². The molecule has 0 bridgehead atoms. The fourth-order valence-electron chi connectivity index (χ4n) is 1.46. The zero-order valence-corrected chi connectivity index (χ0v) is 12.3. The standard InChI is InChI=1S/C10H8Br2N4O2/c11-4-3-8-6-15(14-13-8)9-2-1-7(12)5-10(9)16(17)18/h1-2,5-6H,3-4H2.